The molecule has 0 spiro atoms. The maximum absolute atomic E-state index is 13.4. The molecule has 45 heteroatoms. The molecular weight excluding hydrogens is 2020 g/mol. The Kier molecular flexibility index (Phi) is 34.9. The molecule has 2 saturated heterocycles. The number of allylic oxidation sites excluding steroid dienone is 1. The lowest BCUT2D eigenvalue weighted by molar-refractivity contribution is -0.119. The Balaban J connectivity index is 0.000000157. The van der Waals surface area contributed by atoms with Crippen molar-refractivity contribution in [2.75, 3.05) is 93.9 Å². The topological polar surface area (TPSA) is 429 Å². The number of aromatic nitrogens is 12. The van der Waals surface area contributed by atoms with Gasteiger partial charge in [-0.2, -0.15) is 10.2 Å². The van der Waals surface area contributed by atoms with Gasteiger partial charge in [-0.05, 0) is 55.4 Å². The lowest BCUT2D eigenvalue weighted by Crippen LogP contribution is -2.46. The first-order valence-electron chi connectivity index (χ1n) is 42.1. The summed E-state index contributed by atoms with van der Waals surface area (Å²) in [4.78, 5) is 137. The van der Waals surface area contributed by atoms with Gasteiger partial charge in [0.1, 0.15) is 74.8 Å². The Morgan fingerprint density at radius 2 is 0.786 bits per heavy atom. The van der Waals surface area contributed by atoms with Crippen LogP contribution in [0.15, 0.2) is 140 Å². The highest BCUT2D eigenvalue weighted by Gasteiger charge is 2.36. The van der Waals surface area contributed by atoms with E-state index in [4.69, 9.17) is 145 Å². The van der Waals surface area contributed by atoms with Crippen molar-refractivity contribution in [3.63, 3.8) is 0 Å². The molecule has 0 bridgehead atoms. The summed E-state index contributed by atoms with van der Waals surface area (Å²) >= 11 is 53.7. The van der Waals surface area contributed by atoms with Crippen molar-refractivity contribution in [3.05, 3.63) is 260 Å². The van der Waals surface area contributed by atoms with Gasteiger partial charge in [0.25, 0.3) is 0 Å². The normalized spacial score (nSPS) is 14.6. The van der Waals surface area contributed by atoms with E-state index < -0.39 is 5.78 Å². The van der Waals surface area contributed by atoms with Crippen LogP contribution in [0.25, 0.3) is 37.6 Å². The van der Waals surface area contributed by atoms with Crippen molar-refractivity contribution < 1.29 is 90.1 Å². The van der Waals surface area contributed by atoms with E-state index in [-0.39, 0.29) is 180 Å². The third kappa shape index (κ3) is 23.7. The van der Waals surface area contributed by atoms with E-state index in [1.807, 2.05) is 0 Å². The van der Waals surface area contributed by atoms with Crippen LogP contribution in [-0.2, 0) is 74.9 Å². The van der Waals surface area contributed by atoms with Gasteiger partial charge in [0.2, 0.25) is 41.0 Å². The molecule has 35 nitrogen and oxygen atoms in total. The average molecular weight is 2100 g/mol. The van der Waals surface area contributed by atoms with Crippen molar-refractivity contribution in [2.24, 2.45) is 25.9 Å². The molecule has 4 aromatic carbocycles. The van der Waals surface area contributed by atoms with E-state index in [2.05, 4.69) is 97.7 Å². The van der Waals surface area contributed by atoms with Crippen molar-refractivity contribution in [1.29, 1.82) is 0 Å². The molecule has 2 aliphatic heterocycles. The fourth-order valence-corrected chi connectivity index (χ4v) is 19.5. The van der Waals surface area contributed by atoms with Crippen LogP contribution in [0.5, 0.6) is 46.0 Å². The first kappa shape index (κ1) is 104. The molecular formula is C95H86Cl8N16O19S2. The maximum Gasteiger partial charge on any atom is 0.247 e. The predicted molar refractivity (Wildman–Crippen MR) is 532 cm³/mol. The second kappa shape index (κ2) is 46.8. The quantitative estimate of drug-likeness (QED) is 0.0225. The molecule has 1 aliphatic carbocycles. The number of carbonyl (C=O) groups excluding carboxylic acids is 8. The molecule has 0 radical (unpaired) electrons. The smallest absolute Gasteiger partial charge is 0.247 e. The zero-order valence-electron chi connectivity index (χ0n) is 76.3. The van der Waals surface area contributed by atoms with Gasteiger partial charge in [-0.1, -0.05) is 119 Å². The van der Waals surface area contributed by atoms with Crippen LogP contribution in [0.1, 0.15) is 116 Å². The highest BCUT2D eigenvalue weighted by molar-refractivity contribution is 7.21. The van der Waals surface area contributed by atoms with Crippen molar-refractivity contribution in [2.45, 2.75) is 57.0 Å². The molecule has 4 atom stereocenters. The van der Waals surface area contributed by atoms with Gasteiger partial charge in [0.05, 0.1) is 210 Å². The minimum absolute atomic E-state index is 0.0201. The van der Waals surface area contributed by atoms with Crippen molar-refractivity contribution in [1.82, 2.24) is 70.1 Å². The van der Waals surface area contributed by atoms with Gasteiger partial charge in [0, 0.05) is 143 Å². The predicted octanol–water partition coefficient (Wildman–Crippen LogP) is 17.3. The number of nitrogens with zero attached hydrogens (tertiary/aromatic N) is 12. The molecule has 728 valence electrons. The Morgan fingerprint density at radius 3 is 1.18 bits per heavy atom. The van der Waals surface area contributed by atoms with Crippen LogP contribution in [0.4, 0.5) is 11.4 Å². The first-order chi connectivity index (χ1) is 67.2. The van der Waals surface area contributed by atoms with Crippen LogP contribution in [0.2, 0.25) is 40.2 Å². The number of ether oxygens (including phenoxy) is 10. The van der Waals surface area contributed by atoms with Crippen molar-refractivity contribution >= 4 is 211 Å². The number of rotatable bonds is 32. The standard InChI is InChI=1S/C25H25Cl2N3O5.C24H23Cl2N3O5S.C23H19Cl2N5O5.C23H19Cl2N5O4S/c1-4-21(31)30-16-5-6-35-12-15(16)9-20-28-11-14-7-13(8-17(14)29-20)25(32)22-23(26)18(33-2)10-19(34-3)24(22)27;1-4-20(30)29-13-5-6-34-11-12(13)7-19-27-10-18-14(28-19)8-17(35-18)24(31)21-22(25)15(32-2)9-16(33-3)23(21)26;2*1-5-19(31)28-13-10-30(2)29-11(13)7-18-26-9-17-12(27-18)6-16(35-17)23(32)20-21(24)14(33-3)8-15(34-4)22(20)25/h4,8,10-11,15-16H,1,5-7,9,12H2,2-3H3,(H,30,31);4,8-10,12-13H,1,5-7,11H2,2-3H3,(H,29,30);2*5-6,8-10H,1,7H2,2-4H3,(H,28,31). The van der Waals surface area contributed by atoms with E-state index in [1.54, 1.807) is 72.7 Å². The average Bonchev–Trinajstić information content (AvgIpc) is 1.76. The summed E-state index contributed by atoms with van der Waals surface area (Å²) in [5.41, 5.74) is 6.38. The number of Topliss-reactive ketones (excluding diaryl/α,β-unsaturated/α-hetero) is 1. The van der Waals surface area contributed by atoms with Gasteiger partial charge in [-0.25, -0.2) is 39.9 Å². The summed E-state index contributed by atoms with van der Waals surface area (Å²) in [6, 6.07) is 10.8. The van der Waals surface area contributed by atoms with Gasteiger partial charge < -0.3 is 73.1 Å². The molecule has 16 rings (SSSR count). The molecule has 3 aliphatic rings. The lowest BCUT2D eigenvalue weighted by atomic mass is 9.92. The second-order valence-electron chi connectivity index (χ2n) is 30.8. The first-order valence-corrected chi connectivity index (χ1v) is 46.7. The highest BCUT2D eigenvalue weighted by Crippen LogP contribution is 2.48. The third-order valence-electron chi connectivity index (χ3n) is 22.0. The number of fused-ring (bicyclic) bond motifs is 4. The molecule has 140 heavy (non-hydrogen) atoms. The molecule has 11 heterocycles. The zero-order chi connectivity index (χ0) is 101. The van der Waals surface area contributed by atoms with E-state index >= 15 is 0 Å². The van der Waals surface area contributed by atoms with E-state index in [0.29, 0.717) is 164 Å². The highest BCUT2D eigenvalue weighted by atomic mass is 35.5. The van der Waals surface area contributed by atoms with E-state index in [9.17, 15) is 38.4 Å². The summed E-state index contributed by atoms with van der Waals surface area (Å²) in [7, 11) is 15.0. The molecule has 2 fully saturated rings. The summed E-state index contributed by atoms with van der Waals surface area (Å²) in [5, 5.41) is 20.8. The third-order valence-corrected chi connectivity index (χ3v) is 27.1. The SMILES string of the molecule is C=CC(=O)NC1CCOCC1Cc1ncc2c(n1)C=C(C(=O)c1c(Cl)c(OC)cc(OC)c1Cl)C2.C=CC(=O)NC1CCOCC1Cc1ncc2sc(C(=O)c3c(Cl)c(OC)cc(OC)c3Cl)cc2n1.C=CC(=O)Nc1cn(C)nc1Cc1ncc2oc(C(=O)c3c(Cl)c(OC)cc(OC)c3Cl)cc2n1.C=CC(=O)Nc1cn(C)nc1Cc1ncc2sc(C(=O)c3c(Cl)c(OC)cc(OC)c3Cl)cc2n1. The number of hydrogen-bond donors (Lipinski definition) is 4. The Morgan fingerprint density at radius 1 is 0.436 bits per heavy atom. The van der Waals surface area contributed by atoms with Gasteiger partial charge in [0.15, 0.2) is 17.1 Å². The fourth-order valence-electron chi connectivity index (χ4n) is 15.0. The maximum atomic E-state index is 13.4. The summed E-state index contributed by atoms with van der Waals surface area (Å²) in [5.74, 6) is 1.46. The molecule has 4 N–H and O–H groups in total. The Hall–Kier alpha value is -13.0. The number of carbonyl (C=O) groups is 8. The van der Waals surface area contributed by atoms with Gasteiger partial charge in [-0.15, -0.1) is 22.7 Å². The van der Waals surface area contributed by atoms with Crippen molar-refractivity contribution in [3.8, 4) is 46.0 Å². The van der Waals surface area contributed by atoms with E-state index in [0.717, 1.165) is 10.3 Å². The molecule has 4 unspecified atom stereocenters. The van der Waals surface area contributed by atoms with Crippen LogP contribution in [-0.4, -0.2) is 202 Å². The van der Waals surface area contributed by atoms with Gasteiger partial charge in [-0.3, -0.25) is 47.7 Å². The second-order valence-corrected chi connectivity index (χ2v) is 36.0. The van der Waals surface area contributed by atoms with Gasteiger partial charge >= 0.3 is 0 Å². The minimum Gasteiger partial charge on any atom is -0.495 e. The fraction of sp³-hybridized carbons (Fsp3) is 0.263. The zero-order valence-corrected chi connectivity index (χ0v) is 84.0. The number of amides is 4. The molecule has 13 aromatic rings. The monoisotopic (exact) mass is 2100 g/mol. The minimum atomic E-state index is -0.573. The number of aryl methyl sites for hydroxylation is 2. The molecule has 0 saturated carbocycles. The number of thiophene rings is 2. The number of anilines is 2. The Bertz CT molecular complexity index is 6790. The Labute approximate surface area is 847 Å². The lowest BCUT2D eigenvalue weighted by Gasteiger charge is -2.31. The number of benzene rings is 4. The number of halogens is 8. The van der Waals surface area contributed by atoms with Crippen LogP contribution in [0.3, 0.4) is 0 Å². The molecule has 4 amide bonds. The van der Waals surface area contributed by atoms with E-state index in [1.165, 1.54) is 140 Å². The summed E-state index contributed by atoms with van der Waals surface area (Å²) in [6.07, 6.45) is 19.8. The molecule has 9 aromatic heterocycles. The number of methoxy groups -OCH3 is 8. The number of furan rings is 1. The number of nitrogens with one attached hydrogen (secondary N) is 4. The number of ketones is 4. The van der Waals surface area contributed by atoms with Crippen LogP contribution >= 0.6 is 115 Å². The number of hydrogen-bond acceptors (Lipinski definition) is 31. The summed E-state index contributed by atoms with van der Waals surface area (Å²) < 4.78 is 63.6. The largest absolute Gasteiger partial charge is 0.495 e. The van der Waals surface area contributed by atoms with Crippen LogP contribution < -0.4 is 59.2 Å². The summed E-state index contributed by atoms with van der Waals surface area (Å²) in [6.45, 7) is 16.1. The van der Waals surface area contributed by atoms with Crippen LogP contribution in [0, 0.1) is 11.8 Å².